The highest BCUT2D eigenvalue weighted by Crippen LogP contribution is 2.14. The van der Waals surface area contributed by atoms with E-state index in [1.54, 1.807) is 0 Å². The van der Waals surface area contributed by atoms with Crippen LogP contribution in [-0.2, 0) is 4.79 Å². The molecule has 17 heavy (non-hydrogen) atoms. The summed E-state index contributed by atoms with van der Waals surface area (Å²) in [6.45, 7) is 11.7. The fourth-order valence-corrected chi connectivity index (χ4v) is 2.60. The van der Waals surface area contributed by atoms with Crippen LogP contribution >= 0.6 is 0 Å². The summed E-state index contributed by atoms with van der Waals surface area (Å²) in [6.07, 6.45) is 4.55. The minimum absolute atomic E-state index is 0.310. The Kier molecular flexibility index (Phi) is 6.56. The van der Waals surface area contributed by atoms with Gasteiger partial charge >= 0.3 is 0 Å². The third kappa shape index (κ3) is 4.66. The average Bonchev–Trinajstić information content (AvgIpc) is 2.38. The molecule has 1 atom stereocenters. The molecule has 1 heterocycles. The molecular formula is C14H28N2O. The van der Waals surface area contributed by atoms with Crippen molar-refractivity contribution in [2.24, 2.45) is 5.92 Å². The zero-order chi connectivity index (χ0) is 12.7. The maximum absolute atomic E-state index is 11.6. The first-order chi connectivity index (χ1) is 8.21. The van der Waals surface area contributed by atoms with Gasteiger partial charge < -0.3 is 4.90 Å². The van der Waals surface area contributed by atoms with Gasteiger partial charge in [0, 0.05) is 39.1 Å². The van der Waals surface area contributed by atoms with Crippen molar-refractivity contribution in [1.82, 2.24) is 9.80 Å². The lowest BCUT2D eigenvalue weighted by atomic mass is 10.00. The van der Waals surface area contributed by atoms with E-state index in [1.165, 1.54) is 25.8 Å². The summed E-state index contributed by atoms with van der Waals surface area (Å²) in [7, 11) is 0. The van der Waals surface area contributed by atoms with Crippen molar-refractivity contribution in [2.75, 3.05) is 32.7 Å². The van der Waals surface area contributed by atoms with Gasteiger partial charge in [0.2, 0.25) is 5.91 Å². The van der Waals surface area contributed by atoms with Crippen LogP contribution in [0.1, 0.15) is 46.5 Å². The molecule has 3 nitrogen and oxygen atoms in total. The van der Waals surface area contributed by atoms with E-state index in [0.29, 0.717) is 12.3 Å². The van der Waals surface area contributed by atoms with Crippen molar-refractivity contribution < 1.29 is 4.79 Å². The highest BCUT2D eigenvalue weighted by atomic mass is 16.2. The van der Waals surface area contributed by atoms with Gasteiger partial charge in [0.15, 0.2) is 0 Å². The van der Waals surface area contributed by atoms with Crippen LogP contribution in [0.4, 0.5) is 0 Å². The predicted molar refractivity (Wildman–Crippen MR) is 72.0 cm³/mol. The lowest BCUT2D eigenvalue weighted by Crippen LogP contribution is -2.49. The van der Waals surface area contributed by atoms with Crippen molar-refractivity contribution >= 4 is 5.91 Å². The quantitative estimate of drug-likeness (QED) is 0.711. The van der Waals surface area contributed by atoms with Gasteiger partial charge in [0.1, 0.15) is 0 Å². The largest absolute Gasteiger partial charge is 0.340 e. The van der Waals surface area contributed by atoms with Gasteiger partial charge in [0.05, 0.1) is 0 Å². The summed E-state index contributed by atoms with van der Waals surface area (Å²) in [5.41, 5.74) is 0. The van der Waals surface area contributed by atoms with Crippen LogP contribution in [-0.4, -0.2) is 48.4 Å². The molecule has 1 aliphatic rings. The molecule has 0 aliphatic carbocycles. The van der Waals surface area contributed by atoms with Crippen LogP contribution < -0.4 is 0 Å². The smallest absolute Gasteiger partial charge is 0.222 e. The number of piperazine rings is 1. The molecule has 0 bridgehead atoms. The molecule has 0 aromatic rings. The monoisotopic (exact) mass is 240 g/mol. The van der Waals surface area contributed by atoms with E-state index < -0.39 is 0 Å². The van der Waals surface area contributed by atoms with Gasteiger partial charge in [-0.15, -0.1) is 0 Å². The Morgan fingerprint density at radius 2 is 1.76 bits per heavy atom. The Balaban J connectivity index is 2.29. The highest BCUT2D eigenvalue weighted by molar-refractivity contribution is 5.75. The zero-order valence-corrected chi connectivity index (χ0v) is 11.7. The molecule has 1 aliphatic heterocycles. The van der Waals surface area contributed by atoms with Crippen LogP contribution in [0.5, 0.6) is 0 Å². The SMILES string of the molecule is CCCC(CC)CN1CCN(C(=O)CC)CC1. The third-order valence-electron chi connectivity index (χ3n) is 3.82. The van der Waals surface area contributed by atoms with Crippen LogP contribution in [0.3, 0.4) is 0 Å². The van der Waals surface area contributed by atoms with E-state index in [2.05, 4.69) is 18.7 Å². The first-order valence-electron chi connectivity index (χ1n) is 7.21. The summed E-state index contributed by atoms with van der Waals surface area (Å²) in [6, 6.07) is 0. The van der Waals surface area contributed by atoms with Gasteiger partial charge in [-0.3, -0.25) is 9.69 Å². The molecule has 0 aromatic carbocycles. The van der Waals surface area contributed by atoms with Crippen molar-refractivity contribution in [3.63, 3.8) is 0 Å². The maximum atomic E-state index is 11.6. The lowest BCUT2D eigenvalue weighted by Gasteiger charge is -2.36. The molecule has 0 aromatic heterocycles. The van der Waals surface area contributed by atoms with Gasteiger partial charge in [0.25, 0.3) is 0 Å². The fourth-order valence-electron chi connectivity index (χ4n) is 2.60. The number of carbonyl (C=O) groups is 1. The van der Waals surface area contributed by atoms with Crippen LogP contribution in [0, 0.1) is 5.92 Å². The Morgan fingerprint density at radius 1 is 1.12 bits per heavy atom. The van der Waals surface area contributed by atoms with E-state index >= 15 is 0 Å². The standard InChI is InChI=1S/C14H28N2O/c1-4-7-13(5-2)12-15-8-10-16(11-9-15)14(17)6-3/h13H,4-12H2,1-3H3. The second kappa shape index (κ2) is 7.70. The molecule has 1 rings (SSSR count). The molecule has 3 heteroatoms. The Hall–Kier alpha value is -0.570. The lowest BCUT2D eigenvalue weighted by molar-refractivity contribution is -0.132. The molecule has 0 saturated carbocycles. The van der Waals surface area contributed by atoms with Crippen molar-refractivity contribution in [1.29, 1.82) is 0 Å². The number of rotatable bonds is 6. The summed E-state index contributed by atoms with van der Waals surface area (Å²) >= 11 is 0. The van der Waals surface area contributed by atoms with Gasteiger partial charge in [-0.2, -0.15) is 0 Å². The summed E-state index contributed by atoms with van der Waals surface area (Å²) in [5, 5.41) is 0. The van der Waals surface area contributed by atoms with Crippen molar-refractivity contribution in [3.8, 4) is 0 Å². The summed E-state index contributed by atoms with van der Waals surface area (Å²) in [4.78, 5) is 16.1. The van der Waals surface area contributed by atoms with E-state index in [9.17, 15) is 4.79 Å². The first-order valence-corrected chi connectivity index (χ1v) is 7.21. The molecule has 0 N–H and O–H groups in total. The molecule has 0 spiro atoms. The minimum atomic E-state index is 0.310. The van der Waals surface area contributed by atoms with Crippen molar-refractivity contribution in [3.05, 3.63) is 0 Å². The van der Waals surface area contributed by atoms with Gasteiger partial charge in [-0.25, -0.2) is 0 Å². The minimum Gasteiger partial charge on any atom is -0.340 e. The van der Waals surface area contributed by atoms with Crippen LogP contribution in [0.15, 0.2) is 0 Å². The molecule has 0 radical (unpaired) electrons. The second-order valence-corrected chi connectivity index (χ2v) is 5.10. The Bertz CT molecular complexity index is 222. The number of amides is 1. The first kappa shape index (κ1) is 14.5. The average molecular weight is 240 g/mol. The molecule has 1 amide bonds. The topological polar surface area (TPSA) is 23.6 Å². The summed E-state index contributed by atoms with van der Waals surface area (Å²) in [5.74, 6) is 1.15. The zero-order valence-electron chi connectivity index (χ0n) is 11.7. The van der Waals surface area contributed by atoms with Gasteiger partial charge in [-0.05, 0) is 12.3 Å². The molecule has 100 valence electrons. The van der Waals surface area contributed by atoms with Crippen molar-refractivity contribution in [2.45, 2.75) is 46.5 Å². The van der Waals surface area contributed by atoms with E-state index in [1.807, 2.05) is 11.8 Å². The fraction of sp³-hybridized carbons (Fsp3) is 0.929. The van der Waals surface area contributed by atoms with Gasteiger partial charge in [-0.1, -0.05) is 33.6 Å². The van der Waals surface area contributed by atoms with E-state index in [0.717, 1.165) is 32.1 Å². The molecule has 1 saturated heterocycles. The Labute approximate surface area is 106 Å². The normalized spacial score (nSPS) is 19.4. The van der Waals surface area contributed by atoms with Crippen LogP contribution in [0.2, 0.25) is 0 Å². The molecular weight excluding hydrogens is 212 g/mol. The number of hydrogen-bond donors (Lipinski definition) is 0. The predicted octanol–water partition coefficient (Wildman–Crippen LogP) is 2.37. The number of nitrogens with zero attached hydrogens (tertiary/aromatic N) is 2. The van der Waals surface area contributed by atoms with E-state index in [-0.39, 0.29) is 0 Å². The number of hydrogen-bond acceptors (Lipinski definition) is 2. The third-order valence-corrected chi connectivity index (χ3v) is 3.82. The van der Waals surface area contributed by atoms with E-state index in [4.69, 9.17) is 0 Å². The number of carbonyl (C=O) groups excluding carboxylic acids is 1. The Morgan fingerprint density at radius 3 is 2.24 bits per heavy atom. The molecule has 1 unspecified atom stereocenters. The molecule has 1 fully saturated rings. The summed E-state index contributed by atoms with van der Waals surface area (Å²) < 4.78 is 0. The van der Waals surface area contributed by atoms with Crippen LogP contribution in [0.25, 0.3) is 0 Å². The second-order valence-electron chi connectivity index (χ2n) is 5.10. The highest BCUT2D eigenvalue weighted by Gasteiger charge is 2.21. The maximum Gasteiger partial charge on any atom is 0.222 e.